The van der Waals surface area contributed by atoms with Crippen molar-refractivity contribution in [2.75, 3.05) is 19.1 Å². The van der Waals surface area contributed by atoms with Crippen molar-refractivity contribution in [1.29, 1.82) is 0 Å². The summed E-state index contributed by atoms with van der Waals surface area (Å²) in [5, 5.41) is 0. The summed E-state index contributed by atoms with van der Waals surface area (Å²) in [5.41, 5.74) is 3.04. The molecular formula is C21H27NO3. The van der Waals surface area contributed by atoms with Crippen LogP contribution in [0.25, 0.3) is 0 Å². The highest BCUT2D eigenvalue weighted by molar-refractivity contribution is 5.98. The van der Waals surface area contributed by atoms with E-state index >= 15 is 0 Å². The quantitative estimate of drug-likeness (QED) is 0.799. The standard InChI is InChI=1S/C21H27NO3/c1-13-17(7-8-18(13)23)22(2)16-6-9-19(24-3)21(12-16)25-20-11-14-4-5-15(20)10-14/h6,9,12,14-15,20H,4-5,7-8,10-11H2,1-3H3. The summed E-state index contributed by atoms with van der Waals surface area (Å²) in [6.45, 7) is 1.93. The molecule has 4 nitrogen and oxygen atoms in total. The Morgan fingerprint density at radius 1 is 1.12 bits per heavy atom. The minimum atomic E-state index is 0.258. The zero-order chi connectivity index (χ0) is 17.6. The number of fused-ring (bicyclic) bond motifs is 2. The second-order valence-electron chi connectivity index (χ2n) is 7.72. The first-order chi connectivity index (χ1) is 12.1. The molecule has 3 atom stereocenters. The number of carbonyl (C=O) groups is 1. The van der Waals surface area contributed by atoms with Crippen molar-refractivity contribution in [1.82, 2.24) is 0 Å². The van der Waals surface area contributed by atoms with E-state index < -0.39 is 0 Å². The van der Waals surface area contributed by atoms with Crippen molar-refractivity contribution in [3.8, 4) is 11.5 Å². The minimum Gasteiger partial charge on any atom is -0.493 e. The van der Waals surface area contributed by atoms with E-state index in [0.29, 0.717) is 18.4 Å². The summed E-state index contributed by atoms with van der Waals surface area (Å²) in [6.07, 6.45) is 6.92. The van der Waals surface area contributed by atoms with Gasteiger partial charge >= 0.3 is 0 Å². The molecule has 0 N–H and O–H groups in total. The van der Waals surface area contributed by atoms with Gasteiger partial charge in [0.1, 0.15) is 6.10 Å². The number of rotatable bonds is 5. The van der Waals surface area contributed by atoms with Crippen LogP contribution in [0.2, 0.25) is 0 Å². The average Bonchev–Trinajstić information content (AvgIpc) is 3.32. The number of ketones is 1. The lowest BCUT2D eigenvalue weighted by atomic mass is 9.98. The smallest absolute Gasteiger partial charge is 0.163 e. The van der Waals surface area contributed by atoms with E-state index in [1.807, 2.05) is 26.1 Å². The molecule has 2 bridgehead atoms. The van der Waals surface area contributed by atoms with Crippen LogP contribution in [0.15, 0.2) is 29.5 Å². The predicted octanol–water partition coefficient (Wildman–Crippen LogP) is 4.34. The molecule has 3 aliphatic carbocycles. The number of benzene rings is 1. The molecule has 0 aliphatic heterocycles. The largest absolute Gasteiger partial charge is 0.493 e. The maximum absolute atomic E-state index is 11.9. The fourth-order valence-corrected chi connectivity index (χ4v) is 4.80. The Bertz CT molecular complexity index is 724. The minimum absolute atomic E-state index is 0.258. The van der Waals surface area contributed by atoms with Crippen molar-refractivity contribution in [3.05, 3.63) is 29.5 Å². The predicted molar refractivity (Wildman–Crippen MR) is 98.2 cm³/mol. The zero-order valence-corrected chi connectivity index (χ0v) is 15.4. The van der Waals surface area contributed by atoms with Gasteiger partial charge in [0.25, 0.3) is 0 Å². The van der Waals surface area contributed by atoms with Crippen LogP contribution in [0.1, 0.15) is 45.4 Å². The SMILES string of the molecule is COc1ccc(N(C)C2=C(C)C(=O)CC2)cc1OC1CC2CCC1C2. The van der Waals surface area contributed by atoms with Crippen LogP contribution >= 0.6 is 0 Å². The molecular weight excluding hydrogens is 314 g/mol. The number of hydrogen-bond acceptors (Lipinski definition) is 4. The van der Waals surface area contributed by atoms with E-state index in [1.165, 1.54) is 25.7 Å². The van der Waals surface area contributed by atoms with Crippen molar-refractivity contribution >= 4 is 11.5 Å². The van der Waals surface area contributed by atoms with E-state index in [2.05, 4.69) is 11.0 Å². The van der Waals surface area contributed by atoms with Gasteiger partial charge in [-0.3, -0.25) is 4.79 Å². The number of carbonyl (C=O) groups excluding carboxylic acids is 1. The molecule has 0 saturated heterocycles. The summed E-state index contributed by atoms with van der Waals surface area (Å²) in [6, 6.07) is 6.07. The Kier molecular flexibility index (Phi) is 4.22. The normalized spacial score (nSPS) is 28.0. The van der Waals surface area contributed by atoms with Crippen LogP contribution in [-0.4, -0.2) is 26.0 Å². The fourth-order valence-electron chi connectivity index (χ4n) is 4.80. The summed E-state index contributed by atoms with van der Waals surface area (Å²) < 4.78 is 11.9. The Labute approximate surface area is 149 Å². The van der Waals surface area contributed by atoms with Gasteiger partial charge in [0.2, 0.25) is 0 Å². The summed E-state index contributed by atoms with van der Waals surface area (Å²) in [7, 11) is 3.72. The van der Waals surface area contributed by atoms with Gasteiger partial charge < -0.3 is 14.4 Å². The van der Waals surface area contributed by atoms with Crippen molar-refractivity contribution in [2.24, 2.45) is 11.8 Å². The number of hydrogen-bond donors (Lipinski definition) is 0. The third-order valence-corrected chi connectivity index (χ3v) is 6.33. The van der Waals surface area contributed by atoms with Crippen LogP contribution in [0.5, 0.6) is 11.5 Å². The lowest BCUT2D eigenvalue weighted by molar-refractivity contribution is -0.114. The van der Waals surface area contributed by atoms with Crippen LogP contribution in [0.3, 0.4) is 0 Å². The molecule has 2 fully saturated rings. The lowest BCUT2D eigenvalue weighted by Crippen LogP contribution is -2.24. The molecule has 0 amide bonds. The molecule has 134 valence electrons. The number of ether oxygens (including phenoxy) is 2. The van der Waals surface area contributed by atoms with Gasteiger partial charge in [0.05, 0.1) is 7.11 Å². The number of nitrogens with zero attached hydrogens (tertiary/aromatic N) is 1. The van der Waals surface area contributed by atoms with E-state index in [0.717, 1.165) is 40.8 Å². The summed E-state index contributed by atoms with van der Waals surface area (Å²) >= 11 is 0. The molecule has 3 unspecified atom stereocenters. The molecule has 0 heterocycles. The van der Waals surface area contributed by atoms with Gasteiger partial charge in [0.15, 0.2) is 17.3 Å². The fraction of sp³-hybridized carbons (Fsp3) is 0.571. The third kappa shape index (κ3) is 2.92. The Balaban J connectivity index is 1.59. The molecule has 4 rings (SSSR count). The van der Waals surface area contributed by atoms with Crippen LogP contribution in [0.4, 0.5) is 5.69 Å². The summed E-state index contributed by atoms with van der Waals surface area (Å²) in [4.78, 5) is 14.0. The van der Waals surface area contributed by atoms with Crippen LogP contribution in [0, 0.1) is 11.8 Å². The van der Waals surface area contributed by atoms with E-state index in [9.17, 15) is 4.79 Å². The molecule has 3 aliphatic rings. The second-order valence-corrected chi connectivity index (χ2v) is 7.72. The molecule has 2 saturated carbocycles. The van der Waals surface area contributed by atoms with E-state index in [-0.39, 0.29) is 5.78 Å². The van der Waals surface area contributed by atoms with E-state index in [1.54, 1.807) is 7.11 Å². The highest BCUT2D eigenvalue weighted by atomic mass is 16.5. The first kappa shape index (κ1) is 16.5. The Hall–Kier alpha value is -1.97. The van der Waals surface area contributed by atoms with Crippen molar-refractivity contribution in [2.45, 2.75) is 51.6 Å². The number of Topliss-reactive ketones (excluding diaryl/α,β-unsaturated/α-hetero) is 1. The molecule has 4 heteroatoms. The van der Waals surface area contributed by atoms with Crippen LogP contribution in [-0.2, 0) is 4.79 Å². The third-order valence-electron chi connectivity index (χ3n) is 6.33. The number of anilines is 1. The molecule has 0 spiro atoms. The molecule has 0 aromatic heterocycles. The van der Waals surface area contributed by atoms with Crippen LogP contribution < -0.4 is 14.4 Å². The lowest BCUT2D eigenvalue weighted by Gasteiger charge is -2.26. The summed E-state index contributed by atoms with van der Waals surface area (Å²) in [5.74, 6) is 3.42. The zero-order valence-electron chi connectivity index (χ0n) is 15.4. The molecule has 25 heavy (non-hydrogen) atoms. The van der Waals surface area contributed by atoms with Gasteiger partial charge in [-0.25, -0.2) is 0 Å². The van der Waals surface area contributed by atoms with Gasteiger partial charge in [-0.1, -0.05) is 0 Å². The van der Waals surface area contributed by atoms with Gasteiger partial charge in [-0.05, 0) is 63.0 Å². The molecule has 0 radical (unpaired) electrons. The van der Waals surface area contributed by atoms with Gasteiger partial charge in [-0.2, -0.15) is 0 Å². The highest BCUT2D eigenvalue weighted by Crippen LogP contribution is 2.47. The second kappa shape index (κ2) is 6.40. The van der Waals surface area contributed by atoms with E-state index in [4.69, 9.17) is 9.47 Å². The number of methoxy groups -OCH3 is 1. The maximum Gasteiger partial charge on any atom is 0.163 e. The first-order valence-electron chi connectivity index (χ1n) is 9.38. The topological polar surface area (TPSA) is 38.8 Å². The monoisotopic (exact) mass is 341 g/mol. The Morgan fingerprint density at radius 2 is 1.96 bits per heavy atom. The van der Waals surface area contributed by atoms with Gasteiger partial charge in [-0.15, -0.1) is 0 Å². The van der Waals surface area contributed by atoms with Crippen molar-refractivity contribution < 1.29 is 14.3 Å². The van der Waals surface area contributed by atoms with Gasteiger partial charge in [0, 0.05) is 36.5 Å². The highest BCUT2D eigenvalue weighted by Gasteiger charge is 2.41. The average molecular weight is 341 g/mol. The maximum atomic E-state index is 11.9. The molecule has 1 aromatic rings. The molecule has 1 aromatic carbocycles. The number of allylic oxidation sites excluding steroid dienone is 2. The first-order valence-corrected chi connectivity index (χ1v) is 9.38. The Morgan fingerprint density at radius 3 is 2.56 bits per heavy atom. The van der Waals surface area contributed by atoms with Crippen molar-refractivity contribution in [3.63, 3.8) is 0 Å².